The molecule has 1 saturated carbocycles. The average molecular weight is 343 g/mol. The van der Waals surface area contributed by atoms with E-state index in [-0.39, 0.29) is 17.6 Å². The molecule has 4 rings (SSSR count). The van der Waals surface area contributed by atoms with E-state index in [0.717, 1.165) is 35.8 Å². The van der Waals surface area contributed by atoms with E-state index in [4.69, 9.17) is 0 Å². The van der Waals surface area contributed by atoms with Crippen LogP contribution >= 0.6 is 11.8 Å². The second-order valence-electron chi connectivity index (χ2n) is 5.98. The van der Waals surface area contributed by atoms with Gasteiger partial charge in [-0.1, -0.05) is 11.8 Å². The molecule has 0 unspecified atom stereocenters. The molecule has 0 radical (unpaired) electrons. The number of thioether (sulfide) groups is 1. The van der Waals surface area contributed by atoms with E-state index in [2.05, 4.69) is 19.7 Å². The van der Waals surface area contributed by atoms with Crippen LogP contribution in [-0.4, -0.2) is 48.8 Å². The van der Waals surface area contributed by atoms with E-state index in [1.165, 1.54) is 16.7 Å². The molecule has 8 heteroatoms. The summed E-state index contributed by atoms with van der Waals surface area (Å²) in [5, 5.41) is 9.29. The van der Waals surface area contributed by atoms with E-state index in [1.807, 2.05) is 12.1 Å². The number of hydrogen-bond donors (Lipinski definition) is 0. The first-order chi connectivity index (χ1) is 11.7. The molecule has 2 aromatic heterocycles. The van der Waals surface area contributed by atoms with Gasteiger partial charge in [0.15, 0.2) is 11.0 Å². The minimum Gasteiger partial charge on any atom is -0.299 e. The van der Waals surface area contributed by atoms with Crippen LogP contribution in [0.2, 0.25) is 0 Å². The van der Waals surface area contributed by atoms with Gasteiger partial charge in [-0.25, -0.2) is 0 Å². The van der Waals surface area contributed by atoms with E-state index in [1.54, 1.807) is 12.4 Å². The third-order valence-corrected chi connectivity index (χ3v) is 5.12. The van der Waals surface area contributed by atoms with Crippen molar-refractivity contribution in [3.63, 3.8) is 0 Å². The number of imide groups is 1. The van der Waals surface area contributed by atoms with E-state index in [0.29, 0.717) is 19.0 Å². The number of hydrogen-bond acceptors (Lipinski definition) is 6. The van der Waals surface area contributed by atoms with Crippen molar-refractivity contribution in [3.8, 4) is 11.4 Å². The predicted molar refractivity (Wildman–Crippen MR) is 88.2 cm³/mol. The topological polar surface area (TPSA) is 81.0 Å². The maximum Gasteiger partial charge on any atom is 0.239 e. The summed E-state index contributed by atoms with van der Waals surface area (Å²) in [5.74, 6) is 0.790. The van der Waals surface area contributed by atoms with Crippen molar-refractivity contribution in [1.29, 1.82) is 0 Å². The Kier molecular flexibility index (Phi) is 4.05. The Morgan fingerprint density at radius 3 is 2.88 bits per heavy atom. The zero-order chi connectivity index (χ0) is 16.5. The first-order valence-electron chi connectivity index (χ1n) is 8.05. The number of amides is 2. The highest BCUT2D eigenvalue weighted by atomic mass is 32.2. The molecule has 0 N–H and O–H groups in total. The number of carbonyl (C=O) groups excluding carboxylic acids is 2. The lowest BCUT2D eigenvalue weighted by atomic mass is 10.3. The first-order valence-corrected chi connectivity index (χ1v) is 9.04. The van der Waals surface area contributed by atoms with Crippen molar-refractivity contribution in [1.82, 2.24) is 24.6 Å². The number of aromatic nitrogens is 4. The summed E-state index contributed by atoms with van der Waals surface area (Å²) in [7, 11) is 0. The molecule has 2 aromatic rings. The smallest absolute Gasteiger partial charge is 0.239 e. The molecule has 1 aliphatic carbocycles. The van der Waals surface area contributed by atoms with Gasteiger partial charge in [0.05, 0.1) is 5.75 Å². The SMILES string of the molecule is O=C1CCCN1C(=O)CSc1nnc(-c2cccnc2)n1C1CC1. The average Bonchev–Trinajstić information content (AvgIpc) is 3.21. The summed E-state index contributed by atoms with van der Waals surface area (Å²) in [5.41, 5.74) is 0.921. The molecule has 0 aromatic carbocycles. The van der Waals surface area contributed by atoms with Crippen molar-refractivity contribution in [2.24, 2.45) is 0 Å². The Bertz CT molecular complexity index is 772. The third-order valence-electron chi connectivity index (χ3n) is 4.20. The lowest BCUT2D eigenvalue weighted by Gasteiger charge is -2.13. The molecule has 7 nitrogen and oxygen atoms in total. The molecule has 3 heterocycles. The van der Waals surface area contributed by atoms with Crippen LogP contribution in [0, 0.1) is 0 Å². The molecule has 124 valence electrons. The van der Waals surface area contributed by atoms with E-state index < -0.39 is 0 Å². The number of carbonyl (C=O) groups is 2. The quantitative estimate of drug-likeness (QED) is 0.772. The fraction of sp³-hybridized carbons (Fsp3) is 0.438. The van der Waals surface area contributed by atoms with Crippen LogP contribution in [-0.2, 0) is 9.59 Å². The highest BCUT2D eigenvalue weighted by molar-refractivity contribution is 7.99. The molecule has 24 heavy (non-hydrogen) atoms. The van der Waals surface area contributed by atoms with Gasteiger partial charge < -0.3 is 0 Å². The lowest BCUT2D eigenvalue weighted by molar-refractivity contribution is -0.140. The minimum atomic E-state index is -0.143. The minimum absolute atomic E-state index is 0.0692. The van der Waals surface area contributed by atoms with Gasteiger partial charge >= 0.3 is 0 Å². The summed E-state index contributed by atoms with van der Waals surface area (Å²) in [6.07, 6.45) is 6.92. The molecule has 2 aliphatic rings. The van der Waals surface area contributed by atoms with Crippen molar-refractivity contribution in [2.75, 3.05) is 12.3 Å². The number of rotatable bonds is 5. The standard InChI is InChI=1S/C16H17N5O2S/c22-13-4-2-8-20(13)14(23)10-24-16-19-18-15(21(16)12-5-6-12)11-3-1-7-17-9-11/h1,3,7,9,12H,2,4-6,8,10H2. The lowest BCUT2D eigenvalue weighted by Crippen LogP contribution is -2.33. The Morgan fingerprint density at radius 1 is 1.33 bits per heavy atom. The maximum absolute atomic E-state index is 12.2. The maximum atomic E-state index is 12.2. The van der Waals surface area contributed by atoms with Gasteiger partial charge in [0.25, 0.3) is 0 Å². The van der Waals surface area contributed by atoms with Crippen LogP contribution in [0.4, 0.5) is 0 Å². The van der Waals surface area contributed by atoms with Crippen LogP contribution in [0.5, 0.6) is 0 Å². The van der Waals surface area contributed by atoms with Crippen molar-refractivity contribution in [3.05, 3.63) is 24.5 Å². The molecule has 1 saturated heterocycles. The second kappa shape index (κ2) is 6.35. The fourth-order valence-corrected chi connectivity index (χ4v) is 3.73. The van der Waals surface area contributed by atoms with E-state index >= 15 is 0 Å². The Labute approximate surface area is 143 Å². The number of nitrogens with zero attached hydrogens (tertiary/aromatic N) is 5. The molecule has 0 spiro atoms. The summed E-state index contributed by atoms with van der Waals surface area (Å²) < 4.78 is 2.10. The number of likely N-dealkylation sites (tertiary alicyclic amines) is 1. The van der Waals surface area contributed by atoms with Gasteiger partial charge in [-0.2, -0.15) is 0 Å². The highest BCUT2D eigenvalue weighted by Crippen LogP contribution is 2.40. The van der Waals surface area contributed by atoms with Gasteiger partial charge in [0, 0.05) is 37.0 Å². The molecule has 0 bridgehead atoms. The van der Waals surface area contributed by atoms with Crippen LogP contribution in [0.1, 0.15) is 31.7 Å². The van der Waals surface area contributed by atoms with Gasteiger partial charge in [0.2, 0.25) is 11.8 Å². The highest BCUT2D eigenvalue weighted by Gasteiger charge is 2.31. The second-order valence-corrected chi connectivity index (χ2v) is 6.92. The molecule has 2 amide bonds. The largest absolute Gasteiger partial charge is 0.299 e. The van der Waals surface area contributed by atoms with Crippen molar-refractivity contribution < 1.29 is 9.59 Å². The summed E-state index contributed by atoms with van der Waals surface area (Å²) in [4.78, 5) is 29.4. The molecular weight excluding hydrogens is 326 g/mol. The van der Waals surface area contributed by atoms with Crippen molar-refractivity contribution in [2.45, 2.75) is 36.9 Å². The Hall–Kier alpha value is -2.22. The van der Waals surface area contributed by atoms with Gasteiger partial charge in [-0.15, -0.1) is 10.2 Å². The summed E-state index contributed by atoms with van der Waals surface area (Å²) in [6.45, 7) is 0.536. The zero-order valence-corrected chi connectivity index (χ0v) is 13.9. The molecule has 2 fully saturated rings. The Balaban J connectivity index is 1.52. The van der Waals surface area contributed by atoms with Crippen LogP contribution in [0.15, 0.2) is 29.7 Å². The molecule has 0 atom stereocenters. The van der Waals surface area contributed by atoms with Gasteiger partial charge in [-0.3, -0.25) is 24.0 Å². The predicted octanol–water partition coefficient (Wildman–Crippen LogP) is 1.92. The molecule has 1 aliphatic heterocycles. The number of pyridine rings is 1. The van der Waals surface area contributed by atoms with Crippen molar-refractivity contribution >= 4 is 23.6 Å². The fourth-order valence-electron chi connectivity index (χ4n) is 2.85. The third kappa shape index (κ3) is 2.93. The van der Waals surface area contributed by atoms with Crippen LogP contribution < -0.4 is 0 Å². The first kappa shape index (κ1) is 15.3. The molecular formula is C16H17N5O2S. The van der Waals surface area contributed by atoms with Crippen LogP contribution in [0.3, 0.4) is 0 Å². The normalized spacial score (nSPS) is 17.5. The van der Waals surface area contributed by atoms with Gasteiger partial charge in [0.1, 0.15) is 0 Å². The Morgan fingerprint density at radius 2 is 2.21 bits per heavy atom. The monoisotopic (exact) mass is 343 g/mol. The summed E-state index contributed by atoms with van der Waals surface area (Å²) in [6, 6.07) is 4.22. The summed E-state index contributed by atoms with van der Waals surface area (Å²) >= 11 is 1.35. The van der Waals surface area contributed by atoms with Gasteiger partial charge in [-0.05, 0) is 31.4 Å². The van der Waals surface area contributed by atoms with E-state index in [9.17, 15) is 9.59 Å². The van der Waals surface area contributed by atoms with Crippen LogP contribution in [0.25, 0.3) is 11.4 Å². The zero-order valence-electron chi connectivity index (χ0n) is 13.1.